The van der Waals surface area contributed by atoms with E-state index in [9.17, 15) is 9.70 Å². The first kappa shape index (κ1) is 31.7. The van der Waals surface area contributed by atoms with Gasteiger partial charge in [-0.2, -0.15) is 0 Å². The zero-order valence-electron chi connectivity index (χ0n) is 24.5. The Morgan fingerprint density at radius 1 is 1.16 bits per heavy atom. The number of ether oxygens (including phenoxy) is 2. The van der Waals surface area contributed by atoms with Crippen molar-refractivity contribution in [1.82, 2.24) is 10.2 Å². The number of nitrogens with zero attached hydrogens (tertiary/aromatic N) is 2. The van der Waals surface area contributed by atoms with Gasteiger partial charge in [-0.3, -0.25) is 4.79 Å². The first-order valence-corrected chi connectivity index (χ1v) is 14.0. The molecule has 2 aliphatic heterocycles. The van der Waals surface area contributed by atoms with Gasteiger partial charge in [0.15, 0.2) is 5.34 Å². The molecule has 2 heterocycles. The van der Waals surface area contributed by atoms with Crippen molar-refractivity contribution in [2.45, 2.75) is 90.3 Å². The van der Waals surface area contributed by atoms with Crippen molar-refractivity contribution in [1.29, 1.82) is 0 Å². The first-order valence-electron chi connectivity index (χ1n) is 13.0. The van der Waals surface area contributed by atoms with Gasteiger partial charge in [-0.25, -0.2) is 0 Å². The summed E-state index contributed by atoms with van der Waals surface area (Å²) in [7, 11) is 3.38. The summed E-state index contributed by atoms with van der Waals surface area (Å²) in [5.74, 6) is 1.26. The molecule has 0 radical (unpaired) electrons. The largest absolute Gasteiger partial charge is 0.496 e. The maximum Gasteiger partial charge on any atom is 0.255 e. The SMILES string of the molecule is CC(C)(C)ON=O.COCC1=CC(CC(C)C)N(C(=O)c2ccc(C(C)(C)C)c(OC)c2)[C@H]1C1NC=CS1. The minimum Gasteiger partial charge on any atom is -0.496 e. The number of nitrogens with one attached hydrogen (secondary N) is 1. The monoisotopic (exact) mass is 547 g/mol. The Hall–Kier alpha value is -2.52. The van der Waals surface area contributed by atoms with Crippen LogP contribution in [0, 0.1) is 10.8 Å². The molecule has 9 heteroatoms. The van der Waals surface area contributed by atoms with E-state index in [1.54, 1.807) is 46.8 Å². The smallest absolute Gasteiger partial charge is 0.255 e. The molecule has 3 rings (SSSR count). The molecule has 0 bridgehead atoms. The van der Waals surface area contributed by atoms with Crippen LogP contribution in [0.25, 0.3) is 0 Å². The molecule has 1 amide bonds. The number of methoxy groups -OCH3 is 2. The minimum atomic E-state index is -0.429. The molecule has 212 valence electrons. The van der Waals surface area contributed by atoms with E-state index in [0.29, 0.717) is 18.1 Å². The molecule has 0 fully saturated rings. The molecule has 2 unspecified atom stereocenters. The van der Waals surface area contributed by atoms with Gasteiger partial charge < -0.3 is 24.5 Å². The molecular formula is C29H45N3O5S. The van der Waals surface area contributed by atoms with Gasteiger partial charge in [0.2, 0.25) is 0 Å². The quantitative estimate of drug-likeness (QED) is 0.228. The number of hydrogen-bond acceptors (Lipinski definition) is 8. The highest BCUT2D eigenvalue weighted by Crippen LogP contribution is 2.38. The van der Waals surface area contributed by atoms with Crippen LogP contribution in [0.4, 0.5) is 0 Å². The predicted molar refractivity (Wildman–Crippen MR) is 155 cm³/mol. The summed E-state index contributed by atoms with van der Waals surface area (Å²) < 4.78 is 11.2. The first-order chi connectivity index (χ1) is 17.7. The topological polar surface area (TPSA) is 89.5 Å². The van der Waals surface area contributed by atoms with Crippen molar-refractivity contribution in [3.05, 3.63) is 57.5 Å². The van der Waals surface area contributed by atoms with Crippen LogP contribution in [-0.2, 0) is 15.0 Å². The summed E-state index contributed by atoms with van der Waals surface area (Å²) in [5.41, 5.74) is 2.42. The predicted octanol–water partition coefficient (Wildman–Crippen LogP) is 6.42. The van der Waals surface area contributed by atoms with Gasteiger partial charge >= 0.3 is 0 Å². The van der Waals surface area contributed by atoms with Gasteiger partial charge in [0.1, 0.15) is 16.7 Å². The molecule has 3 atom stereocenters. The Kier molecular flexibility index (Phi) is 11.3. The molecule has 1 aromatic rings. The molecule has 0 spiro atoms. The number of carbonyl (C=O) groups excluding carboxylic acids is 1. The van der Waals surface area contributed by atoms with Crippen molar-refractivity contribution in [3.8, 4) is 5.75 Å². The van der Waals surface area contributed by atoms with E-state index in [1.807, 2.05) is 24.4 Å². The number of thioether (sulfide) groups is 1. The second-order valence-corrected chi connectivity index (χ2v) is 13.1. The fourth-order valence-electron chi connectivity index (χ4n) is 4.56. The number of benzene rings is 1. The van der Waals surface area contributed by atoms with E-state index in [4.69, 9.17) is 9.47 Å². The molecule has 8 nitrogen and oxygen atoms in total. The van der Waals surface area contributed by atoms with Crippen LogP contribution in [0.2, 0.25) is 0 Å². The van der Waals surface area contributed by atoms with E-state index < -0.39 is 5.60 Å². The summed E-state index contributed by atoms with van der Waals surface area (Å²) in [4.78, 5) is 29.6. The third-order valence-electron chi connectivity index (χ3n) is 6.11. The van der Waals surface area contributed by atoms with Gasteiger partial charge in [0, 0.05) is 18.9 Å². The number of hydrogen-bond donors (Lipinski definition) is 1. The van der Waals surface area contributed by atoms with E-state index in [2.05, 4.69) is 66.5 Å². The molecule has 1 aromatic carbocycles. The number of rotatable bonds is 8. The molecule has 1 N–H and O–H groups in total. The summed E-state index contributed by atoms with van der Waals surface area (Å²) in [5, 5.41) is 7.81. The molecule has 2 aliphatic rings. The third-order valence-corrected chi connectivity index (χ3v) is 7.09. The molecule has 0 saturated carbocycles. The van der Waals surface area contributed by atoms with Gasteiger partial charge in [-0.1, -0.05) is 46.8 Å². The maximum absolute atomic E-state index is 13.9. The lowest BCUT2D eigenvalue weighted by Gasteiger charge is -2.36. The van der Waals surface area contributed by atoms with E-state index in [1.165, 1.54) is 0 Å². The highest BCUT2D eigenvalue weighted by Gasteiger charge is 2.43. The van der Waals surface area contributed by atoms with Crippen LogP contribution in [-0.4, -0.2) is 54.7 Å². The van der Waals surface area contributed by atoms with Crippen molar-refractivity contribution < 1.29 is 19.1 Å². The standard InChI is InChI=1S/C25H36N2O3S.C4H9NO2/c1-16(2)12-19-13-18(15-29-6)22(23-26-10-11-31-23)27(19)24(28)17-8-9-20(25(3,4)5)21(14-17)30-7;1-4(2,3)7-5-6/h8-11,13-14,16,19,22-23,26H,12,15H2,1-7H3;1-3H3/t19?,22-,23?;/m1./s1. The lowest BCUT2D eigenvalue weighted by molar-refractivity contribution is -0.00230. The molecule has 0 aliphatic carbocycles. The third kappa shape index (κ3) is 8.50. The Balaban J connectivity index is 0.000000638. The van der Waals surface area contributed by atoms with E-state index >= 15 is 0 Å². The Morgan fingerprint density at radius 3 is 2.29 bits per heavy atom. The van der Waals surface area contributed by atoms with E-state index in [-0.39, 0.29) is 28.8 Å². The minimum absolute atomic E-state index is 0.0334. The Labute approximate surface area is 232 Å². The van der Waals surface area contributed by atoms with Crippen LogP contribution < -0.4 is 10.1 Å². The zero-order valence-corrected chi connectivity index (χ0v) is 25.3. The lowest BCUT2D eigenvalue weighted by Crippen LogP contribution is -2.50. The number of carbonyl (C=O) groups is 1. The van der Waals surface area contributed by atoms with E-state index in [0.717, 1.165) is 23.3 Å². The summed E-state index contributed by atoms with van der Waals surface area (Å²) in [6.45, 7) is 16.6. The van der Waals surface area contributed by atoms with Crippen LogP contribution in [0.1, 0.15) is 77.7 Å². The van der Waals surface area contributed by atoms with Crippen LogP contribution >= 0.6 is 11.8 Å². The Bertz CT molecular complexity index is 1000. The van der Waals surface area contributed by atoms with Gasteiger partial charge in [0.05, 0.1) is 25.8 Å². The van der Waals surface area contributed by atoms with Crippen LogP contribution in [0.5, 0.6) is 5.75 Å². The lowest BCUT2D eigenvalue weighted by atomic mass is 9.85. The van der Waals surface area contributed by atoms with Gasteiger partial charge in [-0.15, -0.1) is 16.7 Å². The second-order valence-electron chi connectivity index (χ2n) is 12.0. The van der Waals surface area contributed by atoms with Crippen molar-refractivity contribution in [2.75, 3.05) is 20.8 Å². The van der Waals surface area contributed by atoms with Gasteiger partial charge in [-0.05, 0) is 67.2 Å². The molecule has 0 aromatic heterocycles. The van der Waals surface area contributed by atoms with Crippen molar-refractivity contribution >= 4 is 17.7 Å². The molecular weight excluding hydrogens is 502 g/mol. The highest BCUT2D eigenvalue weighted by molar-refractivity contribution is 8.03. The normalized spacial score (nSPS) is 21.0. The summed E-state index contributed by atoms with van der Waals surface area (Å²) >= 11 is 1.71. The van der Waals surface area contributed by atoms with Gasteiger partial charge in [0.25, 0.3) is 5.91 Å². The Morgan fingerprint density at radius 2 is 1.84 bits per heavy atom. The fourth-order valence-corrected chi connectivity index (χ4v) is 5.50. The summed E-state index contributed by atoms with van der Waals surface area (Å²) in [6, 6.07) is 5.84. The summed E-state index contributed by atoms with van der Waals surface area (Å²) in [6.07, 6.45) is 5.12. The maximum atomic E-state index is 13.9. The van der Waals surface area contributed by atoms with Crippen LogP contribution in [0.3, 0.4) is 0 Å². The zero-order chi connectivity index (χ0) is 28.7. The van der Waals surface area contributed by atoms with Crippen molar-refractivity contribution in [2.24, 2.45) is 11.3 Å². The fraction of sp³-hybridized carbons (Fsp3) is 0.621. The average molecular weight is 548 g/mol. The second kappa shape index (κ2) is 13.5. The number of amides is 1. The highest BCUT2D eigenvalue weighted by atomic mass is 32.2. The van der Waals surface area contributed by atoms with Crippen LogP contribution in [0.15, 0.2) is 46.8 Å². The van der Waals surface area contributed by atoms with Crippen molar-refractivity contribution in [3.63, 3.8) is 0 Å². The molecule has 38 heavy (non-hydrogen) atoms. The molecule has 0 saturated heterocycles. The average Bonchev–Trinajstić information content (AvgIpc) is 3.45.